The van der Waals surface area contributed by atoms with E-state index in [9.17, 15) is 4.79 Å². The summed E-state index contributed by atoms with van der Waals surface area (Å²) in [4.78, 5) is 22.2. The average Bonchev–Trinajstić information content (AvgIpc) is 2.80. The van der Waals surface area contributed by atoms with Crippen LogP contribution in [-0.2, 0) is 4.79 Å². The molecule has 1 amide bonds. The zero-order valence-corrected chi connectivity index (χ0v) is 10.4. The minimum Gasteiger partial charge on any atom is -0.383 e. The number of nitrogens with zero attached hydrogens (tertiary/aromatic N) is 3. The van der Waals surface area contributed by atoms with Crippen molar-refractivity contribution in [3.63, 3.8) is 0 Å². The van der Waals surface area contributed by atoms with E-state index in [0.717, 1.165) is 10.9 Å². The Morgan fingerprint density at radius 1 is 1.37 bits per heavy atom. The minimum absolute atomic E-state index is 0.0135. The number of carbonyl (C=O) groups excluding carboxylic acids is 1. The fourth-order valence-corrected chi connectivity index (χ4v) is 2.30. The van der Waals surface area contributed by atoms with E-state index in [-0.39, 0.29) is 11.8 Å². The molecule has 3 rings (SSSR count). The van der Waals surface area contributed by atoms with Crippen molar-refractivity contribution < 1.29 is 4.79 Å². The Labute approximate surface area is 110 Å². The number of nitrogens with two attached hydrogens (primary N) is 1. The largest absolute Gasteiger partial charge is 0.383 e. The standard InChI is InChI=1S/C14H14N4O/c1-2-9-7-12(19)18(8-9)14-16-11-6-4-3-5-10(11)13(15)17-14/h2-6,9H,1,7-8H2,(H2,15,16,17). The number of hydrogen-bond donors (Lipinski definition) is 1. The van der Waals surface area contributed by atoms with Gasteiger partial charge in [0.15, 0.2) is 0 Å². The van der Waals surface area contributed by atoms with Crippen molar-refractivity contribution in [2.24, 2.45) is 5.92 Å². The topological polar surface area (TPSA) is 72.1 Å². The lowest BCUT2D eigenvalue weighted by molar-refractivity contribution is -0.117. The summed E-state index contributed by atoms with van der Waals surface area (Å²) in [5, 5.41) is 0.804. The van der Waals surface area contributed by atoms with Crippen LogP contribution < -0.4 is 10.6 Å². The molecule has 2 heterocycles. The summed E-state index contributed by atoms with van der Waals surface area (Å²) in [5.74, 6) is 0.948. The molecule has 1 aromatic carbocycles. The summed E-state index contributed by atoms with van der Waals surface area (Å²) in [6.07, 6.45) is 2.25. The predicted molar refractivity (Wildman–Crippen MR) is 74.6 cm³/mol. The van der Waals surface area contributed by atoms with E-state index in [1.807, 2.05) is 24.3 Å². The van der Waals surface area contributed by atoms with Gasteiger partial charge in [-0.05, 0) is 12.1 Å². The van der Waals surface area contributed by atoms with Gasteiger partial charge >= 0.3 is 0 Å². The molecule has 19 heavy (non-hydrogen) atoms. The lowest BCUT2D eigenvalue weighted by Crippen LogP contribution is -2.26. The van der Waals surface area contributed by atoms with Crippen LogP contribution in [0.2, 0.25) is 0 Å². The van der Waals surface area contributed by atoms with Crippen molar-refractivity contribution in [1.82, 2.24) is 9.97 Å². The average molecular weight is 254 g/mol. The fourth-order valence-electron chi connectivity index (χ4n) is 2.30. The van der Waals surface area contributed by atoms with Crippen LogP contribution in [0.4, 0.5) is 11.8 Å². The Kier molecular flexibility index (Phi) is 2.67. The first-order valence-corrected chi connectivity index (χ1v) is 6.14. The van der Waals surface area contributed by atoms with Crippen molar-refractivity contribution in [3.05, 3.63) is 36.9 Å². The molecular weight excluding hydrogens is 240 g/mol. The zero-order valence-electron chi connectivity index (χ0n) is 10.4. The Morgan fingerprint density at radius 2 is 2.16 bits per heavy atom. The second-order valence-electron chi connectivity index (χ2n) is 4.63. The van der Waals surface area contributed by atoms with Crippen LogP contribution in [0.5, 0.6) is 0 Å². The molecule has 1 saturated heterocycles. The van der Waals surface area contributed by atoms with Crippen LogP contribution in [0.1, 0.15) is 6.42 Å². The lowest BCUT2D eigenvalue weighted by Gasteiger charge is -2.15. The molecule has 5 heteroatoms. The molecule has 0 bridgehead atoms. The van der Waals surface area contributed by atoms with Gasteiger partial charge in [0, 0.05) is 24.3 Å². The molecule has 0 aliphatic carbocycles. The van der Waals surface area contributed by atoms with E-state index in [1.165, 1.54) is 0 Å². The summed E-state index contributed by atoms with van der Waals surface area (Å²) < 4.78 is 0. The summed E-state index contributed by atoms with van der Waals surface area (Å²) in [7, 11) is 0. The highest BCUT2D eigenvalue weighted by molar-refractivity contribution is 5.96. The van der Waals surface area contributed by atoms with Gasteiger partial charge in [0.2, 0.25) is 11.9 Å². The van der Waals surface area contributed by atoms with E-state index in [1.54, 1.807) is 11.0 Å². The molecule has 96 valence electrons. The van der Waals surface area contributed by atoms with Gasteiger partial charge in [0.05, 0.1) is 5.52 Å². The lowest BCUT2D eigenvalue weighted by atomic mass is 10.1. The Morgan fingerprint density at radius 3 is 2.89 bits per heavy atom. The Bertz CT molecular complexity index is 668. The normalized spacial score (nSPS) is 19.1. The molecule has 1 fully saturated rings. The predicted octanol–water partition coefficient (Wildman–Crippen LogP) is 1.75. The minimum atomic E-state index is 0.0135. The molecule has 1 unspecified atom stereocenters. The van der Waals surface area contributed by atoms with Crippen molar-refractivity contribution in [2.45, 2.75) is 6.42 Å². The second-order valence-corrected chi connectivity index (χ2v) is 4.63. The quantitative estimate of drug-likeness (QED) is 0.829. The third-order valence-electron chi connectivity index (χ3n) is 3.35. The number of anilines is 2. The molecule has 0 saturated carbocycles. The Hall–Kier alpha value is -2.43. The van der Waals surface area contributed by atoms with Crippen molar-refractivity contribution in [1.29, 1.82) is 0 Å². The Balaban J connectivity index is 2.06. The van der Waals surface area contributed by atoms with Gasteiger partial charge < -0.3 is 5.73 Å². The summed E-state index contributed by atoms with van der Waals surface area (Å²) in [6.45, 7) is 4.30. The van der Waals surface area contributed by atoms with Gasteiger partial charge in [-0.2, -0.15) is 4.98 Å². The highest BCUT2D eigenvalue weighted by Crippen LogP contribution is 2.26. The van der Waals surface area contributed by atoms with Gasteiger partial charge in [-0.25, -0.2) is 4.98 Å². The van der Waals surface area contributed by atoms with E-state index in [2.05, 4.69) is 16.5 Å². The van der Waals surface area contributed by atoms with Crippen LogP contribution in [0.3, 0.4) is 0 Å². The van der Waals surface area contributed by atoms with Crippen molar-refractivity contribution >= 4 is 28.6 Å². The maximum atomic E-state index is 11.9. The number of benzene rings is 1. The van der Waals surface area contributed by atoms with Gasteiger partial charge in [-0.3, -0.25) is 9.69 Å². The number of carbonyl (C=O) groups is 1. The number of aromatic nitrogens is 2. The van der Waals surface area contributed by atoms with Crippen LogP contribution >= 0.6 is 0 Å². The molecule has 0 spiro atoms. The molecule has 1 aliphatic heterocycles. The van der Waals surface area contributed by atoms with E-state index in [4.69, 9.17) is 5.73 Å². The van der Waals surface area contributed by atoms with Gasteiger partial charge in [0.1, 0.15) is 5.82 Å². The third kappa shape index (κ3) is 1.93. The highest BCUT2D eigenvalue weighted by atomic mass is 16.2. The van der Waals surface area contributed by atoms with E-state index >= 15 is 0 Å². The smallest absolute Gasteiger partial charge is 0.234 e. The molecule has 2 aromatic rings. The SMILES string of the molecule is C=CC1CC(=O)N(c2nc(N)c3ccccc3n2)C1. The monoisotopic (exact) mass is 254 g/mol. The maximum absolute atomic E-state index is 11.9. The first kappa shape index (κ1) is 11.6. The summed E-state index contributed by atoms with van der Waals surface area (Å²) in [6, 6.07) is 7.50. The second kappa shape index (κ2) is 4.35. The first-order chi connectivity index (χ1) is 9.19. The van der Waals surface area contributed by atoms with Crippen LogP contribution in [0.15, 0.2) is 36.9 Å². The van der Waals surface area contributed by atoms with Crippen LogP contribution in [0.25, 0.3) is 10.9 Å². The van der Waals surface area contributed by atoms with Gasteiger partial charge in [-0.1, -0.05) is 18.2 Å². The van der Waals surface area contributed by atoms with Gasteiger partial charge in [-0.15, -0.1) is 6.58 Å². The molecule has 1 aromatic heterocycles. The van der Waals surface area contributed by atoms with Gasteiger partial charge in [0.25, 0.3) is 0 Å². The van der Waals surface area contributed by atoms with Crippen LogP contribution in [0, 0.1) is 5.92 Å². The number of fused-ring (bicyclic) bond motifs is 1. The van der Waals surface area contributed by atoms with E-state index < -0.39 is 0 Å². The molecule has 1 atom stereocenters. The maximum Gasteiger partial charge on any atom is 0.234 e. The third-order valence-corrected chi connectivity index (χ3v) is 3.35. The molecule has 2 N–H and O–H groups in total. The summed E-state index contributed by atoms with van der Waals surface area (Å²) >= 11 is 0. The first-order valence-electron chi connectivity index (χ1n) is 6.14. The fraction of sp³-hybridized carbons (Fsp3) is 0.214. The number of rotatable bonds is 2. The number of nitrogen functional groups attached to an aromatic ring is 1. The molecule has 1 aliphatic rings. The number of amides is 1. The highest BCUT2D eigenvalue weighted by Gasteiger charge is 2.30. The molecule has 0 radical (unpaired) electrons. The molecular formula is C14H14N4O. The summed E-state index contributed by atoms with van der Waals surface area (Å²) in [5.41, 5.74) is 6.68. The number of para-hydroxylation sites is 1. The van der Waals surface area contributed by atoms with Crippen LogP contribution in [-0.4, -0.2) is 22.4 Å². The van der Waals surface area contributed by atoms with Crippen molar-refractivity contribution in [3.8, 4) is 0 Å². The molecule has 5 nitrogen and oxygen atoms in total. The van der Waals surface area contributed by atoms with Crippen molar-refractivity contribution in [2.75, 3.05) is 17.2 Å². The van der Waals surface area contributed by atoms with E-state index in [0.29, 0.717) is 24.7 Å². The zero-order chi connectivity index (χ0) is 13.4. The number of hydrogen-bond acceptors (Lipinski definition) is 4.